The molecule has 2 fully saturated rings. The molecule has 6 heteroatoms. The van der Waals surface area contributed by atoms with Crippen LogP contribution in [0.3, 0.4) is 0 Å². The van der Waals surface area contributed by atoms with Gasteiger partial charge in [-0.05, 0) is 49.7 Å². The van der Waals surface area contributed by atoms with Crippen LogP contribution in [0.4, 0.5) is 0 Å². The van der Waals surface area contributed by atoms with E-state index in [1.807, 2.05) is 29.2 Å². The van der Waals surface area contributed by atoms with Crippen molar-refractivity contribution >= 4 is 23.5 Å². The lowest BCUT2D eigenvalue weighted by atomic mass is 9.72. The molecule has 142 valence electrons. The van der Waals surface area contributed by atoms with E-state index in [-0.39, 0.29) is 18.2 Å². The standard InChI is InChI=1S/C20H26ClNO4/c21-17-6-2-1-5-16(17)20(9-12-26-13-10-20)19(25)22-11-3-4-15(14-22)7-8-18(23)24/h1-2,5-6,15H,3-4,7-14H2,(H,23,24)/t15-/m1/s1. The molecule has 0 spiro atoms. The van der Waals surface area contributed by atoms with Crippen LogP contribution in [0.5, 0.6) is 0 Å². The van der Waals surface area contributed by atoms with Crippen LogP contribution in [0.25, 0.3) is 0 Å². The van der Waals surface area contributed by atoms with Gasteiger partial charge < -0.3 is 14.7 Å². The Morgan fingerprint density at radius 3 is 2.69 bits per heavy atom. The van der Waals surface area contributed by atoms with E-state index in [9.17, 15) is 9.59 Å². The largest absolute Gasteiger partial charge is 0.481 e. The number of amides is 1. The number of carboxylic acid groups (broad SMARTS) is 1. The van der Waals surface area contributed by atoms with Crippen molar-refractivity contribution in [2.24, 2.45) is 5.92 Å². The van der Waals surface area contributed by atoms with Crippen LogP contribution in [-0.2, 0) is 19.7 Å². The highest BCUT2D eigenvalue weighted by Gasteiger charge is 2.45. The van der Waals surface area contributed by atoms with Crippen molar-refractivity contribution in [1.82, 2.24) is 4.90 Å². The van der Waals surface area contributed by atoms with Gasteiger partial charge in [0.25, 0.3) is 0 Å². The molecule has 5 nitrogen and oxygen atoms in total. The average molecular weight is 380 g/mol. The summed E-state index contributed by atoms with van der Waals surface area (Å²) in [7, 11) is 0. The van der Waals surface area contributed by atoms with E-state index < -0.39 is 11.4 Å². The van der Waals surface area contributed by atoms with Crippen molar-refractivity contribution in [1.29, 1.82) is 0 Å². The summed E-state index contributed by atoms with van der Waals surface area (Å²) in [6.07, 6.45) is 3.96. The number of ether oxygens (including phenoxy) is 1. The van der Waals surface area contributed by atoms with Gasteiger partial charge in [0.15, 0.2) is 0 Å². The van der Waals surface area contributed by atoms with Crippen molar-refractivity contribution in [3.8, 4) is 0 Å². The van der Waals surface area contributed by atoms with Gasteiger partial charge >= 0.3 is 5.97 Å². The first-order chi connectivity index (χ1) is 12.5. The Morgan fingerprint density at radius 2 is 2.00 bits per heavy atom. The smallest absolute Gasteiger partial charge is 0.303 e. The molecule has 3 rings (SSSR count). The topological polar surface area (TPSA) is 66.8 Å². The summed E-state index contributed by atoms with van der Waals surface area (Å²) in [4.78, 5) is 26.4. The fraction of sp³-hybridized carbons (Fsp3) is 0.600. The number of carbonyl (C=O) groups is 2. The minimum atomic E-state index is -0.773. The zero-order valence-electron chi connectivity index (χ0n) is 15.0. The first-order valence-electron chi connectivity index (χ1n) is 9.37. The molecule has 2 saturated heterocycles. The average Bonchev–Trinajstić information content (AvgIpc) is 2.67. The number of carbonyl (C=O) groups excluding carboxylic acids is 1. The minimum Gasteiger partial charge on any atom is -0.481 e. The predicted octanol–water partition coefficient (Wildman–Crippen LogP) is 3.49. The van der Waals surface area contributed by atoms with E-state index >= 15 is 0 Å². The molecule has 0 saturated carbocycles. The molecule has 1 N–H and O–H groups in total. The third-order valence-electron chi connectivity index (χ3n) is 5.72. The van der Waals surface area contributed by atoms with Gasteiger partial charge in [-0.3, -0.25) is 9.59 Å². The third-order valence-corrected chi connectivity index (χ3v) is 6.05. The van der Waals surface area contributed by atoms with Gasteiger partial charge in [-0.1, -0.05) is 29.8 Å². The molecule has 26 heavy (non-hydrogen) atoms. The molecular formula is C20H26ClNO4. The van der Waals surface area contributed by atoms with Crippen molar-refractivity contribution < 1.29 is 19.4 Å². The number of nitrogens with zero attached hydrogens (tertiary/aromatic N) is 1. The second-order valence-electron chi connectivity index (χ2n) is 7.37. The van der Waals surface area contributed by atoms with Crippen molar-refractivity contribution in [2.45, 2.75) is 43.9 Å². The molecule has 0 bridgehead atoms. The highest BCUT2D eigenvalue weighted by atomic mass is 35.5. The fourth-order valence-corrected chi connectivity index (χ4v) is 4.60. The highest BCUT2D eigenvalue weighted by Crippen LogP contribution is 2.41. The maximum atomic E-state index is 13.6. The number of hydrogen-bond acceptors (Lipinski definition) is 3. The number of likely N-dealkylation sites (tertiary alicyclic amines) is 1. The normalized spacial score (nSPS) is 22.8. The lowest BCUT2D eigenvalue weighted by Gasteiger charge is -2.43. The molecule has 1 atom stereocenters. The van der Waals surface area contributed by atoms with Gasteiger partial charge in [0.2, 0.25) is 5.91 Å². The van der Waals surface area contributed by atoms with Crippen LogP contribution in [0, 0.1) is 5.92 Å². The Hall–Kier alpha value is -1.59. The van der Waals surface area contributed by atoms with Gasteiger partial charge in [0.05, 0.1) is 5.41 Å². The first kappa shape index (κ1) is 19.2. The van der Waals surface area contributed by atoms with Crippen LogP contribution < -0.4 is 0 Å². The predicted molar refractivity (Wildman–Crippen MR) is 99.4 cm³/mol. The van der Waals surface area contributed by atoms with E-state index in [2.05, 4.69) is 0 Å². The molecule has 0 unspecified atom stereocenters. The highest BCUT2D eigenvalue weighted by molar-refractivity contribution is 6.31. The summed E-state index contributed by atoms with van der Waals surface area (Å²) in [5, 5.41) is 9.56. The fourth-order valence-electron chi connectivity index (χ4n) is 4.28. The number of benzene rings is 1. The number of carboxylic acids is 1. The van der Waals surface area contributed by atoms with E-state index in [4.69, 9.17) is 21.4 Å². The summed E-state index contributed by atoms with van der Waals surface area (Å²) in [6, 6.07) is 7.61. The Morgan fingerprint density at radius 1 is 1.27 bits per heavy atom. The summed E-state index contributed by atoms with van der Waals surface area (Å²) in [6.45, 7) is 2.47. The molecule has 1 aromatic carbocycles. The Bertz CT molecular complexity index is 657. The molecule has 2 aliphatic rings. The maximum Gasteiger partial charge on any atom is 0.303 e. The van der Waals surface area contributed by atoms with Crippen molar-refractivity contribution in [2.75, 3.05) is 26.3 Å². The van der Waals surface area contributed by atoms with Gasteiger partial charge in [0.1, 0.15) is 0 Å². The Balaban J connectivity index is 1.82. The molecule has 1 aromatic rings. The molecule has 0 radical (unpaired) electrons. The number of hydrogen-bond donors (Lipinski definition) is 1. The minimum absolute atomic E-state index is 0.119. The summed E-state index contributed by atoms with van der Waals surface area (Å²) in [5.41, 5.74) is 0.258. The van der Waals surface area contributed by atoms with E-state index in [0.29, 0.717) is 44.0 Å². The van der Waals surface area contributed by atoms with E-state index in [0.717, 1.165) is 24.9 Å². The Kier molecular flexibility index (Phi) is 6.20. The second kappa shape index (κ2) is 8.40. The molecule has 1 amide bonds. The number of piperidine rings is 1. The zero-order valence-corrected chi connectivity index (χ0v) is 15.7. The monoisotopic (exact) mass is 379 g/mol. The number of halogens is 1. The van der Waals surface area contributed by atoms with E-state index in [1.165, 1.54) is 0 Å². The van der Waals surface area contributed by atoms with Gasteiger partial charge in [-0.15, -0.1) is 0 Å². The first-order valence-corrected chi connectivity index (χ1v) is 9.74. The molecule has 2 aliphatic heterocycles. The van der Waals surface area contributed by atoms with Gasteiger partial charge in [-0.25, -0.2) is 0 Å². The van der Waals surface area contributed by atoms with Crippen LogP contribution >= 0.6 is 11.6 Å². The molecular weight excluding hydrogens is 354 g/mol. The van der Waals surface area contributed by atoms with Crippen molar-refractivity contribution in [3.05, 3.63) is 34.9 Å². The summed E-state index contributed by atoms with van der Waals surface area (Å²) < 4.78 is 5.53. The number of rotatable bonds is 5. The molecule has 0 aromatic heterocycles. The third kappa shape index (κ3) is 4.04. The zero-order chi connectivity index (χ0) is 18.6. The molecule has 2 heterocycles. The SMILES string of the molecule is O=C(O)CC[C@H]1CCCN(C(=O)C2(c3ccccc3Cl)CCOCC2)C1. The quantitative estimate of drug-likeness (QED) is 0.850. The van der Waals surface area contributed by atoms with Gasteiger partial charge in [0, 0.05) is 37.7 Å². The summed E-state index contributed by atoms with van der Waals surface area (Å²) >= 11 is 6.47. The van der Waals surface area contributed by atoms with Crippen LogP contribution in [0.2, 0.25) is 5.02 Å². The lowest BCUT2D eigenvalue weighted by Crippen LogP contribution is -2.52. The van der Waals surface area contributed by atoms with Crippen LogP contribution in [0.1, 0.15) is 44.1 Å². The lowest BCUT2D eigenvalue weighted by molar-refractivity contribution is -0.143. The second-order valence-corrected chi connectivity index (χ2v) is 7.77. The maximum absolute atomic E-state index is 13.6. The van der Waals surface area contributed by atoms with Crippen LogP contribution in [0.15, 0.2) is 24.3 Å². The van der Waals surface area contributed by atoms with E-state index in [1.54, 1.807) is 0 Å². The van der Waals surface area contributed by atoms with Crippen LogP contribution in [-0.4, -0.2) is 48.2 Å². The summed E-state index contributed by atoms with van der Waals surface area (Å²) in [5.74, 6) is -0.397. The van der Waals surface area contributed by atoms with Crippen molar-refractivity contribution in [3.63, 3.8) is 0 Å². The number of aliphatic carboxylic acids is 1. The Labute approximate surface area is 159 Å². The van der Waals surface area contributed by atoms with Gasteiger partial charge in [-0.2, -0.15) is 0 Å². The molecule has 0 aliphatic carbocycles.